The summed E-state index contributed by atoms with van der Waals surface area (Å²) in [7, 11) is -4.16. The van der Waals surface area contributed by atoms with Gasteiger partial charge in [-0.1, -0.05) is 29.8 Å². The number of benzene rings is 2. The lowest BCUT2D eigenvalue weighted by Gasteiger charge is -2.19. The number of halogens is 4. The molecule has 3 rings (SSSR count). The number of hydrogen-bond donors (Lipinski definition) is 0. The van der Waals surface area contributed by atoms with Crippen molar-refractivity contribution in [2.75, 3.05) is 0 Å². The van der Waals surface area contributed by atoms with E-state index in [4.69, 9.17) is 11.6 Å². The maximum atomic E-state index is 13.2. The van der Waals surface area contributed by atoms with Crippen LogP contribution in [0.15, 0.2) is 66.1 Å². The highest BCUT2D eigenvalue weighted by atomic mass is 35.5. The Hall–Kier alpha value is -2.39. The van der Waals surface area contributed by atoms with E-state index in [2.05, 4.69) is 10.1 Å². The second-order valence-corrected chi connectivity index (χ2v) is 8.30. The monoisotopic (exact) mass is 415 g/mol. The summed E-state index contributed by atoms with van der Waals surface area (Å²) in [5.74, 6) is 0. The topological polar surface area (TPSA) is 64.8 Å². The average molecular weight is 416 g/mol. The van der Waals surface area contributed by atoms with Gasteiger partial charge >= 0.3 is 6.18 Å². The Labute approximate surface area is 158 Å². The van der Waals surface area contributed by atoms with Crippen LogP contribution in [0.5, 0.6) is 0 Å². The summed E-state index contributed by atoms with van der Waals surface area (Å²) >= 11 is 5.86. The minimum absolute atomic E-state index is 0.111. The number of alkyl halides is 3. The van der Waals surface area contributed by atoms with Crippen LogP contribution in [0.25, 0.3) is 0 Å². The number of rotatable bonds is 5. The van der Waals surface area contributed by atoms with E-state index >= 15 is 0 Å². The van der Waals surface area contributed by atoms with Crippen LogP contribution in [0.4, 0.5) is 13.2 Å². The number of aromatic nitrogens is 3. The zero-order chi connectivity index (χ0) is 19.7. The van der Waals surface area contributed by atoms with Gasteiger partial charge in [0.15, 0.2) is 9.84 Å². The molecule has 1 atom stereocenters. The van der Waals surface area contributed by atoms with Crippen molar-refractivity contribution in [1.29, 1.82) is 0 Å². The predicted octanol–water partition coefficient (Wildman–Crippen LogP) is 4.17. The van der Waals surface area contributed by atoms with Crippen molar-refractivity contribution in [3.63, 3.8) is 0 Å². The van der Waals surface area contributed by atoms with Crippen LogP contribution in [-0.4, -0.2) is 23.2 Å². The molecule has 0 fully saturated rings. The van der Waals surface area contributed by atoms with Gasteiger partial charge in [-0.3, -0.25) is 4.68 Å². The van der Waals surface area contributed by atoms with Crippen molar-refractivity contribution < 1.29 is 21.6 Å². The van der Waals surface area contributed by atoms with E-state index in [1.807, 2.05) is 0 Å². The van der Waals surface area contributed by atoms with E-state index in [1.165, 1.54) is 41.6 Å². The van der Waals surface area contributed by atoms with Crippen molar-refractivity contribution in [1.82, 2.24) is 14.8 Å². The Kier molecular flexibility index (Phi) is 5.25. The van der Waals surface area contributed by atoms with Gasteiger partial charge in [0.05, 0.1) is 17.0 Å². The quantitative estimate of drug-likeness (QED) is 0.627. The Morgan fingerprint density at radius 1 is 1.11 bits per heavy atom. The van der Waals surface area contributed by atoms with Gasteiger partial charge in [0.25, 0.3) is 0 Å². The molecule has 0 aliphatic rings. The molecule has 1 heterocycles. The van der Waals surface area contributed by atoms with Crippen LogP contribution in [0.2, 0.25) is 5.02 Å². The largest absolute Gasteiger partial charge is 0.416 e. The summed E-state index contributed by atoms with van der Waals surface area (Å²) in [6.07, 6.45) is -2.06. The summed E-state index contributed by atoms with van der Waals surface area (Å²) in [6, 6.07) is 9.77. The normalized spacial score (nSPS) is 13.5. The van der Waals surface area contributed by atoms with Gasteiger partial charge in [0, 0.05) is 5.02 Å². The summed E-state index contributed by atoms with van der Waals surface area (Å²) in [5.41, 5.74) is -0.647. The molecule has 0 spiro atoms. The zero-order valence-corrected chi connectivity index (χ0v) is 15.2. The molecule has 0 aliphatic heterocycles. The molecule has 2 aromatic carbocycles. The fourth-order valence-corrected chi connectivity index (χ4v) is 4.45. The Morgan fingerprint density at radius 3 is 2.41 bits per heavy atom. The van der Waals surface area contributed by atoms with E-state index in [9.17, 15) is 21.6 Å². The lowest BCUT2D eigenvalue weighted by Crippen LogP contribution is -2.20. The van der Waals surface area contributed by atoms with Crippen molar-refractivity contribution in [2.45, 2.75) is 22.9 Å². The molecule has 0 aliphatic carbocycles. The second kappa shape index (κ2) is 7.32. The van der Waals surface area contributed by atoms with Crippen molar-refractivity contribution in [2.24, 2.45) is 0 Å². The van der Waals surface area contributed by atoms with Crippen molar-refractivity contribution in [3.05, 3.63) is 77.3 Å². The minimum Gasteiger partial charge on any atom is -0.251 e. The molecule has 5 nitrogen and oxygen atoms in total. The van der Waals surface area contributed by atoms with Gasteiger partial charge < -0.3 is 0 Å². The molecule has 1 unspecified atom stereocenters. The van der Waals surface area contributed by atoms with Gasteiger partial charge in [0.1, 0.15) is 17.9 Å². The molecule has 0 saturated heterocycles. The van der Waals surface area contributed by atoms with Crippen LogP contribution in [0.3, 0.4) is 0 Å². The van der Waals surface area contributed by atoms with Gasteiger partial charge in [0.2, 0.25) is 0 Å². The molecule has 0 saturated carbocycles. The van der Waals surface area contributed by atoms with Gasteiger partial charge in [-0.25, -0.2) is 13.4 Å². The molecule has 142 valence electrons. The summed E-state index contributed by atoms with van der Waals surface area (Å²) in [5, 5.41) is 3.14. The lowest BCUT2D eigenvalue weighted by molar-refractivity contribution is -0.137. The molecule has 0 N–H and O–H groups in total. The lowest BCUT2D eigenvalue weighted by atomic mass is 10.1. The van der Waals surface area contributed by atoms with Gasteiger partial charge in [-0.2, -0.15) is 18.3 Å². The van der Waals surface area contributed by atoms with Crippen LogP contribution in [-0.2, 0) is 22.6 Å². The Morgan fingerprint density at radius 2 is 1.81 bits per heavy atom. The smallest absolute Gasteiger partial charge is 0.251 e. The van der Waals surface area contributed by atoms with E-state index < -0.39 is 31.7 Å². The maximum absolute atomic E-state index is 13.2. The number of nitrogens with zero attached hydrogens (tertiary/aromatic N) is 3. The van der Waals surface area contributed by atoms with E-state index in [0.29, 0.717) is 16.7 Å². The third kappa shape index (κ3) is 4.30. The third-order valence-electron chi connectivity index (χ3n) is 3.93. The first kappa shape index (κ1) is 19.4. The number of hydrogen-bond acceptors (Lipinski definition) is 4. The van der Waals surface area contributed by atoms with Crippen molar-refractivity contribution >= 4 is 21.4 Å². The van der Waals surface area contributed by atoms with E-state index in [1.54, 1.807) is 0 Å². The highest BCUT2D eigenvalue weighted by Crippen LogP contribution is 2.35. The van der Waals surface area contributed by atoms with Gasteiger partial charge in [-0.05, 0) is 35.9 Å². The van der Waals surface area contributed by atoms with Crippen LogP contribution in [0.1, 0.15) is 16.4 Å². The van der Waals surface area contributed by atoms with Crippen molar-refractivity contribution in [3.8, 4) is 0 Å². The maximum Gasteiger partial charge on any atom is 0.416 e. The zero-order valence-electron chi connectivity index (χ0n) is 13.6. The molecule has 3 aromatic rings. The molecular weight excluding hydrogens is 403 g/mol. The van der Waals surface area contributed by atoms with Crippen LogP contribution < -0.4 is 0 Å². The van der Waals surface area contributed by atoms with Crippen LogP contribution >= 0.6 is 11.6 Å². The molecule has 27 heavy (non-hydrogen) atoms. The minimum atomic E-state index is -4.65. The standard InChI is InChI=1S/C17H13ClF3N3O2S/c18-14-6-4-12(5-7-14)16(9-24-11-22-10-23-24)27(25,26)15-3-1-2-13(8-15)17(19,20)21/h1-8,10-11,16H,9H2. The molecule has 0 radical (unpaired) electrons. The summed E-state index contributed by atoms with van der Waals surface area (Å²) in [4.78, 5) is 3.35. The van der Waals surface area contributed by atoms with Gasteiger partial charge in [-0.15, -0.1) is 0 Å². The Balaban J connectivity index is 2.08. The molecule has 10 heteroatoms. The first-order valence-electron chi connectivity index (χ1n) is 7.67. The Bertz CT molecular complexity index is 1020. The predicted molar refractivity (Wildman–Crippen MR) is 92.8 cm³/mol. The second-order valence-electron chi connectivity index (χ2n) is 5.73. The first-order valence-corrected chi connectivity index (χ1v) is 9.59. The average Bonchev–Trinajstić information content (AvgIpc) is 3.13. The molecule has 0 amide bonds. The SMILES string of the molecule is O=S(=O)(c1cccc(C(F)(F)F)c1)C(Cn1cncn1)c1ccc(Cl)cc1. The van der Waals surface area contributed by atoms with E-state index in [0.717, 1.165) is 18.2 Å². The van der Waals surface area contributed by atoms with Crippen LogP contribution in [0, 0.1) is 0 Å². The number of sulfone groups is 1. The molecular formula is C17H13ClF3N3O2S. The highest BCUT2D eigenvalue weighted by Gasteiger charge is 2.34. The fourth-order valence-electron chi connectivity index (χ4n) is 2.57. The van der Waals surface area contributed by atoms with E-state index in [-0.39, 0.29) is 6.54 Å². The summed E-state index contributed by atoms with van der Waals surface area (Å²) < 4.78 is 66.6. The third-order valence-corrected chi connectivity index (χ3v) is 6.26. The molecule has 1 aromatic heterocycles. The first-order chi connectivity index (χ1) is 12.7. The fraction of sp³-hybridized carbons (Fsp3) is 0.176. The summed E-state index contributed by atoms with van der Waals surface area (Å²) in [6.45, 7) is -0.111. The highest BCUT2D eigenvalue weighted by molar-refractivity contribution is 7.91. The molecule has 0 bridgehead atoms.